The minimum atomic E-state index is -0.213. The van der Waals surface area contributed by atoms with Crippen LogP contribution in [0.5, 0.6) is 11.5 Å². The first-order valence-corrected chi connectivity index (χ1v) is 9.83. The molecule has 0 unspecified atom stereocenters. The van der Waals surface area contributed by atoms with Gasteiger partial charge in [-0.25, -0.2) is 4.79 Å². The zero-order valence-corrected chi connectivity index (χ0v) is 17.8. The van der Waals surface area contributed by atoms with Crippen molar-refractivity contribution in [3.63, 3.8) is 0 Å². The average molecular weight is 392 g/mol. The largest absolute Gasteiger partial charge is 0.493 e. The number of benzene rings is 1. The maximum Gasteiger partial charge on any atom is 0.317 e. The molecular weight excluding hydrogens is 358 g/mol. The number of ether oxygens (including phenoxy) is 2. The van der Waals surface area contributed by atoms with Gasteiger partial charge in [0.15, 0.2) is 11.5 Å². The Morgan fingerprint density at radius 2 is 1.75 bits per heavy atom. The van der Waals surface area contributed by atoms with Gasteiger partial charge in [-0.05, 0) is 24.0 Å². The Labute approximate surface area is 168 Å². The summed E-state index contributed by atoms with van der Waals surface area (Å²) in [5, 5.41) is 3.04. The fraction of sp³-hybridized carbons (Fsp3) is 0.619. The summed E-state index contributed by atoms with van der Waals surface area (Å²) in [7, 11) is 3.14. The van der Waals surface area contributed by atoms with Gasteiger partial charge in [-0.1, -0.05) is 27.7 Å². The van der Waals surface area contributed by atoms with Gasteiger partial charge < -0.3 is 24.6 Å². The third kappa shape index (κ3) is 5.53. The first kappa shape index (κ1) is 21.9. The van der Waals surface area contributed by atoms with Gasteiger partial charge in [0.25, 0.3) is 0 Å². The molecule has 0 spiro atoms. The summed E-state index contributed by atoms with van der Waals surface area (Å²) in [5.74, 6) is 1.94. The van der Waals surface area contributed by atoms with Crippen molar-refractivity contribution < 1.29 is 19.1 Å². The number of nitrogens with zero attached hydrogens (tertiary/aromatic N) is 2. The van der Waals surface area contributed by atoms with E-state index in [2.05, 4.69) is 33.0 Å². The van der Waals surface area contributed by atoms with E-state index < -0.39 is 0 Å². The normalized spacial score (nSPS) is 16.6. The molecule has 7 heteroatoms. The molecule has 28 heavy (non-hydrogen) atoms. The zero-order chi connectivity index (χ0) is 20.8. The van der Waals surface area contributed by atoms with E-state index >= 15 is 0 Å². The zero-order valence-electron chi connectivity index (χ0n) is 17.8. The van der Waals surface area contributed by atoms with Gasteiger partial charge in [0, 0.05) is 37.8 Å². The molecule has 1 aromatic carbocycles. The van der Waals surface area contributed by atoms with Crippen LogP contribution in [0.4, 0.5) is 10.5 Å². The summed E-state index contributed by atoms with van der Waals surface area (Å²) in [6.45, 7) is 10.2. The van der Waals surface area contributed by atoms with Crippen molar-refractivity contribution in [2.45, 2.75) is 40.2 Å². The van der Waals surface area contributed by atoms with Crippen LogP contribution in [0.2, 0.25) is 0 Å². The number of rotatable bonds is 8. The first-order valence-electron chi connectivity index (χ1n) is 9.83. The van der Waals surface area contributed by atoms with Crippen molar-refractivity contribution in [3.8, 4) is 11.5 Å². The minimum Gasteiger partial charge on any atom is -0.493 e. The van der Waals surface area contributed by atoms with Crippen LogP contribution in [0, 0.1) is 11.8 Å². The lowest BCUT2D eigenvalue weighted by Crippen LogP contribution is -2.48. The van der Waals surface area contributed by atoms with Crippen molar-refractivity contribution in [1.29, 1.82) is 0 Å². The highest BCUT2D eigenvalue weighted by atomic mass is 16.5. The number of carbonyl (C=O) groups is 2. The van der Waals surface area contributed by atoms with Crippen molar-refractivity contribution in [3.05, 3.63) is 18.2 Å². The van der Waals surface area contributed by atoms with Crippen LogP contribution in [0.3, 0.4) is 0 Å². The molecule has 1 saturated heterocycles. The molecule has 1 fully saturated rings. The highest BCUT2D eigenvalue weighted by Crippen LogP contribution is 2.33. The number of methoxy groups -OCH3 is 2. The Morgan fingerprint density at radius 3 is 2.29 bits per heavy atom. The molecule has 156 valence electrons. The molecular formula is C21H33N3O4. The second kappa shape index (κ2) is 9.66. The van der Waals surface area contributed by atoms with Crippen molar-refractivity contribution >= 4 is 17.6 Å². The molecule has 0 radical (unpaired) electrons. The number of hydrogen-bond acceptors (Lipinski definition) is 4. The highest BCUT2D eigenvalue weighted by Gasteiger charge is 2.33. The second-order valence-electron chi connectivity index (χ2n) is 8.09. The summed E-state index contributed by atoms with van der Waals surface area (Å²) in [4.78, 5) is 28.8. The summed E-state index contributed by atoms with van der Waals surface area (Å²) in [6, 6.07) is 5.07. The van der Waals surface area contributed by atoms with Gasteiger partial charge in [-0.2, -0.15) is 0 Å². The summed E-state index contributed by atoms with van der Waals surface area (Å²) < 4.78 is 10.6. The van der Waals surface area contributed by atoms with Gasteiger partial charge in [-0.15, -0.1) is 0 Å². The fourth-order valence-corrected chi connectivity index (χ4v) is 3.43. The van der Waals surface area contributed by atoms with Crippen LogP contribution in [0.25, 0.3) is 0 Å². The monoisotopic (exact) mass is 391 g/mol. The van der Waals surface area contributed by atoms with Crippen molar-refractivity contribution in [2.24, 2.45) is 11.8 Å². The molecule has 0 aromatic heterocycles. The predicted molar refractivity (Wildman–Crippen MR) is 110 cm³/mol. The van der Waals surface area contributed by atoms with Crippen LogP contribution < -0.4 is 19.7 Å². The molecule has 1 aromatic rings. The molecule has 1 aliphatic rings. The minimum absolute atomic E-state index is 0.0169. The Bertz CT molecular complexity index is 680. The number of amides is 3. The number of anilines is 1. The molecule has 0 bridgehead atoms. The lowest BCUT2D eigenvalue weighted by Gasteiger charge is -2.28. The van der Waals surface area contributed by atoms with Gasteiger partial charge >= 0.3 is 6.03 Å². The molecule has 1 heterocycles. The SMILES string of the molecule is COc1ccc(N2C[C@@H](NC(=O)N(CC(C)C)CC(C)C)CC2=O)cc1OC. The summed E-state index contributed by atoms with van der Waals surface area (Å²) in [6.07, 6.45) is 0.289. The second-order valence-corrected chi connectivity index (χ2v) is 8.09. The maximum atomic E-state index is 12.8. The van der Waals surface area contributed by atoms with Crippen LogP contribution in [0.1, 0.15) is 34.1 Å². The van der Waals surface area contributed by atoms with E-state index in [1.165, 1.54) is 0 Å². The number of carbonyl (C=O) groups excluding carboxylic acids is 2. The standard InChI is InChI=1S/C21H33N3O4/c1-14(2)11-23(12-15(3)4)21(26)22-16-9-20(25)24(13-16)17-7-8-18(27-5)19(10-17)28-6/h7-8,10,14-16H,9,11-13H2,1-6H3,(H,22,26)/t16-/m0/s1. The van der Waals surface area contributed by atoms with Crippen LogP contribution in [-0.4, -0.2) is 56.7 Å². The van der Waals surface area contributed by atoms with Crippen molar-refractivity contribution in [2.75, 3.05) is 38.8 Å². The lowest BCUT2D eigenvalue weighted by molar-refractivity contribution is -0.117. The molecule has 7 nitrogen and oxygen atoms in total. The Kier molecular flexibility index (Phi) is 7.54. The third-order valence-electron chi connectivity index (χ3n) is 4.59. The third-order valence-corrected chi connectivity index (χ3v) is 4.59. The van der Waals surface area contributed by atoms with Crippen molar-refractivity contribution in [1.82, 2.24) is 10.2 Å². The van der Waals surface area contributed by atoms with Crippen LogP contribution >= 0.6 is 0 Å². The highest BCUT2D eigenvalue weighted by molar-refractivity contribution is 5.97. The molecule has 2 rings (SSSR count). The molecule has 0 saturated carbocycles. The molecule has 1 aliphatic heterocycles. The van der Waals surface area contributed by atoms with Gasteiger partial charge in [0.2, 0.25) is 5.91 Å². The van der Waals surface area contributed by atoms with E-state index in [1.807, 2.05) is 11.0 Å². The molecule has 1 atom stereocenters. The number of nitrogens with one attached hydrogen (secondary N) is 1. The van der Waals surface area contributed by atoms with E-state index in [0.29, 0.717) is 43.0 Å². The van der Waals surface area contributed by atoms with Gasteiger partial charge in [0.1, 0.15) is 0 Å². The smallest absolute Gasteiger partial charge is 0.317 e. The quantitative estimate of drug-likeness (QED) is 0.739. The van der Waals surface area contributed by atoms with E-state index in [9.17, 15) is 9.59 Å². The number of hydrogen-bond donors (Lipinski definition) is 1. The van der Waals surface area contributed by atoms with E-state index in [4.69, 9.17) is 9.47 Å². The number of urea groups is 1. The molecule has 1 N–H and O–H groups in total. The van der Waals surface area contributed by atoms with E-state index in [1.54, 1.807) is 31.3 Å². The lowest BCUT2D eigenvalue weighted by atomic mass is 10.1. The van der Waals surface area contributed by atoms with Gasteiger partial charge in [-0.3, -0.25) is 4.79 Å². The van der Waals surface area contributed by atoms with Crippen LogP contribution in [-0.2, 0) is 4.79 Å². The van der Waals surface area contributed by atoms with E-state index in [0.717, 1.165) is 5.69 Å². The van der Waals surface area contributed by atoms with E-state index in [-0.39, 0.29) is 24.4 Å². The Morgan fingerprint density at radius 1 is 1.14 bits per heavy atom. The fourth-order valence-electron chi connectivity index (χ4n) is 3.43. The summed E-state index contributed by atoms with van der Waals surface area (Å²) >= 11 is 0. The average Bonchev–Trinajstić information content (AvgIpc) is 2.99. The molecule has 3 amide bonds. The predicted octanol–water partition coefficient (Wildman–Crippen LogP) is 3.13. The Balaban J connectivity index is 2.06. The summed E-state index contributed by atoms with van der Waals surface area (Å²) in [5.41, 5.74) is 0.737. The first-order chi connectivity index (χ1) is 13.2. The Hall–Kier alpha value is -2.44. The van der Waals surface area contributed by atoms with Gasteiger partial charge in [0.05, 0.1) is 20.3 Å². The van der Waals surface area contributed by atoms with Crippen LogP contribution in [0.15, 0.2) is 18.2 Å². The maximum absolute atomic E-state index is 12.8. The topological polar surface area (TPSA) is 71.1 Å². The molecule has 0 aliphatic carbocycles.